The van der Waals surface area contributed by atoms with E-state index in [9.17, 15) is 13.2 Å². The minimum Gasteiger partial charge on any atom is -0.398 e. The standard InChI is InChI=1S/C14H18N2O3S/c1-9-6-10-2-4-16(13(10)7-12(9)15)14(17)11-3-5-20(18,19)8-11/h6-7,11H,2-5,8,15H2,1H3. The number of hydrogen-bond donors (Lipinski definition) is 1. The Balaban J connectivity index is 1.88. The van der Waals surface area contributed by atoms with Gasteiger partial charge in [0.2, 0.25) is 5.91 Å². The number of fused-ring (bicyclic) bond motifs is 1. The zero-order valence-electron chi connectivity index (χ0n) is 11.4. The number of sulfone groups is 1. The topological polar surface area (TPSA) is 80.5 Å². The second kappa shape index (κ2) is 4.48. The van der Waals surface area contributed by atoms with Gasteiger partial charge in [0.05, 0.1) is 17.4 Å². The molecular formula is C14H18N2O3S. The minimum atomic E-state index is -3.03. The van der Waals surface area contributed by atoms with Gasteiger partial charge in [-0.1, -0.05) is 6.07 Å². The van der Waals surface area contributed by atoms with E-state index in [0.717, 1.165) is 23.2 Å². The quantitative estimate of drug-likeness (QED) is 0.780. The zero-order chi connectivity index (χ0) is 14.5. The van der Waals surface area contributed by atoms with Crippen molar-refractivity contribution in [2.45, 2.75) is 19.8 Å². The third kappa shape index (κ3) is 2.18. The summed E-state index contributed by atoms with van der Waals surface area (Å²) in [5.74, 6) is -0.361. The fourth-order valence-corrected chi connectivity index (χ4v) is 4.75. The fraction of sp³-hybridized carbons (Fsp3) is 0.500. The highest BCUT2D eigenvalue weighted by Gasteiger charge is 2.37. The van der Waals surface area contributed by atoms with E-state index in [1.807, 2.05) is 19.1 Å². The van der Waals surface area contributed by atoms with E-state index in [1.54, 1.807) is 4.90 Å². The molecule has 1 saturated heterocycles. The summed E-state index contributed by atoms with van der Waals surface area (Å²) < 4.78 is 23.0. The molecule has 2 aliphatic rings. The van der Waals surface area contributed by atoms with Crippen LogP contribution < -0.4 is 10.6 Å². The Labute approximate surface area is 118 Å². The molecule has 2 N–H and O–H groups in total. The van der Waals surface area contributed by atoms with E-state index < -0.39 is 15.8 Å². The van der Waals surface area contributed by atoms with Gasteiger partial charge in [-0.05, 0) is 37.0 Å². The Kier molecular flexibility index (Phi) is 3.01. The highest BCUT2D eigenvalue weighted by molar-refractivity contribution is 7.91. The van der Waals surface area contributed by atoms with Crippen molar-refractivity contribution < 1.29 is 13.2 Å². The van der Waals surface area contributed by atoms with E-state index in [1.165, 1.54) is 0 Å². The molecule has 0 saturated carbocycles. The number of nitrogens with zero attached hydrogens (tertiary/aromatic N) is 1. The van der Waals surface area contributed by atoms with E-state index in [0.29, 0.717) is 18.7 Å². The first-order chi connectivity index (χ1) is 9.37. The smallest absolute Gasteiger partial charge is 0.231 e. The molecule has 1 fully saturated rings. The number of nitrogens with two attached hydrogens (primary N) is 1. The van der Waals surface area contributed by atoms with Gasteiger partial charge in [0.1, 0.15) is 0 Å². The summed E-state index contributed by atoms with van der Waals surface area (Å²) in [6.45, 7) is 2.57. The van der Waals surface area contributed by atoms with Gasteiger partial charge in [0, 0.05) is 17.9 Å². The maximum Gasteiger partial charge on any atom is 0.231 e. The van der Waals surface area contributed by atoms with Crippen molar-refractivity contribution in [1.82, 2.24) is 0 Å². The van der Waals surface area contributed by atoms with Crippen molar-refractivity contribution in [2.24, 2.45) is 5.92 Å². The molecule has 2 aliphatic heterocycles. The molecule has 2 heterocycles. The summed E-state index contributed by atoms with van der Waals surface area (Å²) in [4.78, 5) is 14.2. The Bertz CT molecular complexity index is 682. The average molecular weight is 294 g/mol. The largest absolute Gasteiger partial charge is 0.398 e. The van der Waals surface area contributed by atoms with Gasteiger partial charge >= 0.3 is 0 Å². The molecule has 1 amide bonds. The van der Waals surface area contributed by atoms with Gasteiger partial charge in [0.15, 0.2) is 9.84 Å². The first-order valence-electron chi connectivity index (χ1n) is 6.78. The predicted molar refractivity (Wildman–Crippen MR) is 78.4 cm³/mol. The van der Waals surface area contributed by atoms with E-state index in [4.69, 9.17) is 5.73 Å². The number of hydrogen-bond acceptors (Lipinski definition) is 4. The van der Waals surface area contributed by atoms with Crippen molar-refractivity contribution in [3.63, 3.8) is 0 Å². The third-order valence-electron chi connectivity index (χ3n) is 4.21. The highest BCUT2D eigenvalue weighted by atomic mass is 32.2. The van der Waals surface area contributed by atoms with Gasteiger partial charge < -0.3 is 10.6 Å². The molecule has 108 valence electrons. The van der Waals surface area contributed by atoms with Gasteiger partial charge in [-0.3, -0.25) is 4.79 Å². The molecule has 20 heavy (non-hydrogen) atoms. The number of amides is 1. The summed E-state index contributed by atoms with van der Waals surface area (Å²) in [5, 5.41) is 0. The van der Waals surface area contributed by atoms with Crippen molar-refractivity contribution in [1.29, 1.82) is 0 Å². The normalized spacial score (nSPS) is 23.9. The SMILES string of the molecule is Cc1cc2c(cc1N)N(C(=O)C1CCS(=O)(=O)C1)CC2. The lowest BCUT2D eigenvalue weighted by atomic mass is 10.1. The monoisotopic (exact) mass is 294 g/mol. The summed E-state index contributed by atoms with van der Waals surface area (Å²) in [6, 6.07) is 3.85. The maximum absolute atomic E-state index is 12.5. The van der Waals surface area contributed by atoms with Crippen LogP contribution in [0.3, 0.4) is 0 Å². The number of carbonyl (C=O) groups excluding carboxylic acids is 1. The van der Waals surface area contributed by atoms with Crippen LogP contribution in [-0.4, -0.2) is 32.4 Å². The third-order valence-corrected chi connectivity index (χ3v) is 5.98. The van der Waals surface area contributed by atoms with Crippen LogP contribution in [0.2, 0.25) is 0 Å². The van der Waals surface area contributed by atoms with Crippen LogP contribution in [0, 0.1) is 12.8 Å². The predicted octanol–water partition coefficient (Wildman–Crippen LogP) is 0.901. The lowest BCUT2D eigenvalue weighted by Crippen LogP contribution is -2.35. The van der Waals surface area contributed by atoms with Gasteiger partial charge in [0.25, 0.3) is 0 Å². The summed E-state index contributed by atoms with van der Waals surface area (Å²) in [5.41, 5.74) is 9.57. The van der Waals surface area contributed by atoms with Crippen LogP contribution in [-0.2, 0) is 21.1 Å². The van der Waals surface area contributed by atoms with Crippen molar-refractivity contribution in [3.8, 4) is 0 Å². The lowest BCUT2D eigenvalue weighted by Gasteiger charge is -2.21. The van der Waals surface area contributed by atoms with E-state index in [2.05, 4.69) is 0 Å². The number of aryl methyl sites for hydroxylation is 1. The highest BCUT2D eigenvalue weighted by Crippen LogP contribution is 2.34. The first-order valence-corrected chi connectivity index (χ1v) is 8.60. The molecule has 0 aliphatic carbocycles. The summed E-state index contributed by atoms with van der Waals surface area (Å²) in [7, 11) is -3.03. The van der Waals surface area contributed by atoms with Crippen LogP contribution in [0.15, 0.2) is 12.1 Å². The molecule has 1 unspecified atom stereocenters. The van der Waals surface area contributed by atoms with E-state index >= 15 is 0 Å². The van der Waals surface area contributed by atoms with Crippen molar-refractivity contribution in [3.05, 3.63) is 23.3 Å². The molecule has 0 aromatic heterocycles. The van der Waals surface area contributed by atoms with Crippen molar-refractivity contribution >= 4 is 27.1 Å². The Morgan fingerprint density at radius 3 is 2.80 bits per heavy atom. The van der Waals surface area contributed by atoms with Gasteiger partial charge in [-0.2, -0.15) is 0 Å². The maximum atomic E-state index is 12.5. The fourth-order valence-electron chi connectivity index (χ4n) is 3.02. The Morgan fingerprint density at radius 1 is 1.40 bits per heavy atom. The van der Waals surface area contributed by atoms with Crippen LogP contribution in [0.25, 0.3) is 0 Å². The molecule has 1 atom stereocenters. The van der Waals surface area contributed by atoms with Gasteiger partial charge in [-0.15, -0.1) is 0 Å². The van der Waals surface area contributed by atoms with Crippen molar-refractivity contribution in [2.75, 3.05) is 28.7 Å². The molecule has 5 nitrogen and oxygen atoms in total. The molecule has 0 bridgehead atoms. The Morgan fingerprint density at radius 2 is 2.15 bits per heavy atom. The second-order valence-electron chi connectivity index (χ2n) is 5.68. The van der Waals surface area contributed by atoms with Crippen LogP contribution in [0.1, 0.15) is 17.5 Å². The second-order valence-corrected chi connectivity index (χ2v) is 7.91. The summed E-state index contributed by atoms with van der Waals surface area (Å²) >= 11 is 0. The lowest BCUT2D eigenvalue weighted by molar-refractivity contribution is -0.121. The number of rotatable bonds is 1. The molecule has 0 spiro atoms. The summed E-state index contributed by atoms with van der Waals surface area (Å²) in [6.07, 6.45) is 1.25. The minimum absolute atomic E-state index is 0.0149. The number of anilines is 2. The average Bonchev–Trinajstić information content (AvgIpc) is 2.93. The molecular weight excluding hydrogens is 276 g/mol. The van der Waals surface area contributed by atoms with Crippen LogP contribution >= 0.6 is 0 Å². The molecule has 0 radical (unpaired) electrons. The molecule has 3 rings (SSSR count). The molecule has 6 heteroatoms. The Hall–Kier alpha value is -1.56. The molecule has 1 aromatic carbocycles. The molecule has 1 aromatic rings. The number of benzene rings is 1. The first kappa shape index (κ1) is 13.4. The van der Waals surface area contributed by atoms with Gasteiger partial charge in [-0.25, -0.2) is 8.42 Å². The number of carbonyl (C=O) groups is 1. The number of nitrogen functional groups attached to an aromatic ring is 1. The van der Waals surface area contributed by atoms with Crippen LogP contribution in [0.5, 0.6) is 0 Å². The van der Waals surface area contributed by atoms with E-state index in [-0.39, 0.29) is 17.4 Å². The zero-order valence-corrected chi connectivity index (χ0v) is 12.2. The van der Waals surface area contributed by atoms with Crippen LogP contribution in [0.4, 0.5) is 11.4 Å².